The second-order valence-electron chi connectivity index (χ2n) is 6.86. The Kier molecular flexibility index (Phi) is 10.9. The van der Waals surface area contributed by atoms with Crippen molar-refractivity contribution in [3.8, 4) is 0 Å². The highest BCUT2D eigenvalue weighted by atomic mass is 28.4. The third-order valence-electron chi connectivity index (χ3n) is 4.26. The van der Waals surface area contributed by atoms with Gasteiger partial charge in [-0.2, -0.15) is 0 Å². The van der Waals surface area contributed by atoms with Gasteiger partial charge < -0.3 is 17.7 Å². The highest BCUT2D eigenvalue weighted by Crippen LogP contribution is 2.13. The molecule has 0 amide bonds. The van der Waals surface area contributed by atoms with Crippen LogP contribution >= 0.6 is 0 Å². The van der Waals surface area contributed by atoms with E-state index >= 15 is 0 Å². The molecule has 0 radical (unpaired) electrons. The van der Waals surface area contributed by atoms with E-state index < -0.39 is 17.1 Å². The first-order valence-corrected chi connectivity index (χ1v) is 14.8. The van der Waals surface area contributed by atoms with Crippen molar-refractivity contribution in [1.29, 1.82) is 0 Å². The van der Waals surface area contributed by atoms with Gasteiger partial charge in [-0.1, -0.05) is 52.0 Å². The number of hydrogen-bond acceptors (Lipinski definition) is 4. The summed E-state index contributed by atoms with van der Waals surface area (Å²) in [6.07, 6.45) is 3.99. The van der Waals surface area contributed by atoms with Gasteiger partial charge >= 0.3 is 17.1 Å². The second kappa shape index (κ2) is 12.1. The fraction of sp³-hybridized carbons (Fsp3) is 0.700. The summed E-state index contributed by atoms with van der Waals surface area (Å²) in [4.78, 5) is 0. The molecule has 1 aromatic rings. The number of hydrogen-bond donors (Lipinski definition) is 0. The summed E-state index contributed by atoms with van der Waals surface area (Å²) >= 11 is 0. The first-order chi connectivity index (χ1) is 12.5. The summed E-state index contributed by atoms with van der Waals surface area (Å²) in [6, 6.07) is 8.62. The Bertz CT molecular complexity index is 432. The monoisotopic (exact) mass is 398 g/mol. The molecule has 0 saturated heterocycles. The zero-order chi connectivity index (χ0) is 19.5. The minimum atomic E-state index is -2.37. The Morgan fingerprint density at radius 3 is 0.962 bits per heavy atom. The number of benzene rings is 1. The van der Waals surface area contributed by atoms with Crippen LogP contribution in [-0.2, 0) is 17.7 Å². The second-order valence-corrected chi connectivity index (χ2v) is 13.0. The predicted octanol–water partition coefficient (Wildman–Crippen LogP) is 3.95. The van der Waals surface area contributed by atoms with Gasteiger partial charge in [0.2, 0.25) is 0 Å². The molecule has 0 unspecified atom stereocenters. The van der Waals surface area contributed by atoms with Crippen LogP contribution in [0.1, 0.15) is 53.4 Å². The lowest BCUT2D eigenvalue weighted by atomic mass is 10.4. The molecule has 6 heteroatoms. The first-order valence-electron chi connectivity index (χ1n) is 10.1. The van der Waals surface area contributed by atoms with Crippen LogP contribution in [0.25, 0.3) is 0 Å². The van der Waals surface area contributed by atoms with Crippen LogP contribution in [0, 0.1) is 0 Å². The maximum absolute atomic E-state index is 6.19. The minimum Gasteiger partial charge on any atom is -0.391 e. The maximum atomic E-state index is 6.19. The van der Waals surface area contributed by atoms with Gasteiger partial charge in [0.05, 0.1) is 0 Å². The molecular formula is C20H38O4Si2. The summed E-state index contributed by atoms with van der Waals surface area (Å²) in [7, 11) is -4.73. The Morgan fingerprint density at radius 2 is 0.769 bits per heavy atom. The Morgan fingerprint density at radius 1 is 0.538 bits per heavy atom. The third kappa shape index (κ3) is 6.90. The normalized spacial score (nSPS) is 12.5. The molecule has 0 bridgehead atoms. The zero-order valence-corrected chi connectivity index (χ0v) is 19.6. The van der Waals surface area contributed by atoms with Gasteiger partial charge in [0.15, 0.2) is 0 Å². The van der Waals surface area contributed by atoms with Gasteiger partial charge in [0, 0.05) is 26.4 Å². The van der Waals surface area contributed by atoms with Crippen molar-refractivity contribution in [2.75, 3.05) is 26.4 Å². The highest BCUT2D eigenvalue weighted by molar-refractivity contribution is 6.81. The Labute approximate surface area is 162 Å². The summed E-state index contributed by atoms with van der Waals surface area (Å²) in [5.41, 5.74) is 0. The maximum Gasteiger partial charge on any atom is 0.369 e. The molecule has 0 aliphatic carbocycles. The molecule has 0 N–H and O–H groups in total. The Hall–Kier alpha value is -0.506. The molecule has 0 spiro atoms. The molecule has 0 atom stereocenters. The van der Waals surface area contributed by atoms with Gasteiger partial charge in [-0.15, -0.1) is 0 Å². The molecule has 0 aliphatic heterocycles. The van der Waals surface area contributed by atoms with Crippen LogP contribution in [0.5, 0.6) is 0 Å². The Balaban J connectivity index is 3.03. The van der Waals surface area contributed by atoms with E-state index in [0.717, 1.165) is 52.1 Å². The molecule has 0 aliphatic rings. The molecule has 150 valence electrons. The molecule has 0 aromatic heterocycles. The average Bonchev–Trinajstić information content (AvgIpc) is 2.67. The van der Waals surface area contributed by atoms with Gasteiger partial charge in [-0.25, -0.2) is 0 Å². The summed E-state index contributed by atoms with van der Waals surface area (Å²) in [5.74, 6) is 0. The van der Waals surface area contributed by atoms with Crippen LogP contribution in [0.4, 0.5) is 0 Å². The standard InChI is InChI=1S/C20H38O4Si2/c1-7-15-21-25(5,22-16-8-2)19-11-13-20(14-12-19)26(6,23-17-9-3)24-18-10-4/h11-14H,7-10,15-18H2,1-6H3. The van der Waals surface area contributed by atoms with Crippen LogP contribution < -0.4 is 10.4 Å². The van der Waals surface area contributed by atoms with Crippen molar-refractivity contribution in [1.82, 2.24) is 0 Å². The average molecular weight is 399 g/mol. The van der Waals surface area contributed by atoms with E-state index in [0.29, 0.717) is 0 Å². The van der Waals surface area contributed by atoms with E-state index in [1.807, 2.05) is 0 Å². The lowest BCUT2D eigenvalue weighted by molar-refractivity contribution is 0.184. The lowest BCUT2D eigenvalue weighted by Gasteiger charge is -2.30. The zero-order valence-electron chi connectivity index (χ0n) is 17.6. The minimum absolute atomic E-state index is 0.736. The fourth-order valence-corrected chi connectivity index (χ4v) is 7.43. The summed E-state index contributed by atoms with van der Waals surface area (Å²) in [6.45, 7) is 15.8. The van der Waals surface area contributed by atoms with Crippen LogP contribution in [0.15, 0.2) is 24.3 Å². The van der Waals surface area contributed by atoms with Crippen molar-refractivity contribution in [2.24, 2.45) is 0 Å². The first kappa shape index (κ1) is 23.5. The molecule has 0 heterocycles. The lowest BCUT2D eigenvalue weighted by Crippen LogP contribution is -2.54. The van der Waals surface area contributed by atoms with Crippen molar-refractivity contribution in [3.63, 3.8) is 0 Å². The van der Waals surface area contributed by atoms with Crippen molar-refractivity contribution >= 4 is 27.5 Å². The molecule has 1 rings (SSSR count). The highest BCUT2D eigenvalue weighted by Gasteiger charge is 2.37. The van der Waals surface area contributed by atoms with Crippen molar-refractivity contribution < 1.29 is 17.7 Å². The van der Waals surface area contributed by atoms with Gasteiger partial charge in [-0.3, -0.25) is 0 Å². The summed E-state index contributed by atoms with van der Waals surface area (Å²) < 4.78 is 24.8. The predicted molar refractivity (Wildman–Crippen MR) is 114 cm³/mol. The fourth-order valence-electron chi connectivity index (χ4n) is 2.68. The largest absolute Gasteiger partial charge is 0.391 e. The SMILES string of the molecule is CCCO[Si](C)(OCCC)c1ccc([Si](C)(OCCC)OCCC)cc1. The van der Waals surface area contributed by atoms with Gasteiger partial charge in [-0.05, 0) is 49.2 Å². The van der Waals surface area contributed by atoms with Crippen LogP contribution in [0.2, 0.25) is 13.1 Å². The van der Waals surface area contributed by atoms with Crippen LogP contribution in [0.3, 0.4) is 0 Å². The van der Waals surface area contributed by atoms with Gasteiger partial charge in [0.1, 0.15) is 0 Å². The molecule has 1 aromatic carbocycles. The topological polar surface area (TPSA) is 36.9 Å². The molecule has 26 heavy (non-hydrogen) atoms. The van der Waals surface area contributed by atoms with Gasteiger partial charge in [0.25, 0.3) is 0 Å². The van der Waals surface area contributed by atoms with E-state index in [1.165, 1.54) is 10.4 Å². The number of rotatable bonds is 14. The van der Waals surface area contributed by atoms with E-state index in [-0.39, 0.29) is 0 Å². The summed E-state index contributed by atoms with van der Waals surface area (Å²) in [5, 5.41) is 2.34. The quantitative estimate of drug-likeness (QED) is 0.445. The molecule has 0 saturated carbocycles. The van der Waals surface area contributed by atoms with Crippen molar-refractivity contribution in [3.05, 3.63) is 24.3 Å². The van der Waals surface area contributed by atoms with Crippen molar-refractivity contribution in [2.45, 2.75) is 66.5 Å². The van der Waals surface area contributed by atoms with E-state index in [4.69, 9.17) is 17.7 Å². The molecular weight excluding hydrogens is 360 g/mol. The third-order valence-corrected chi connectivity index (χ3v) is 10.0. The van der Waals surface area contributed by atoms with E-state index in [9.17, 15) is 0 Å². The van der Waals surface area contributed by atoms with E-state index in [2.05, 4.69) is 65.1 Å². The smallest absolute Gasteiger partial charge is 0.369 e. The van der Waals surface area contributed by atoms with Crippen LogP contribution in [-0.4, -0.2) is 43.5 Å². The molecule has 4 nitrogen and oxygen atoms in total. The molecule has 0 fully saturated rings. The van der Waals surface area contributed by atoms with E-state index in [1.54, 1.807) is 0 Å².